The third-order valence-electron chi connectivity index (χ3n) is 3.26. The second-order valence-corrected chi connectivity index (χ2v) is 4.55. The molecule has 0 aromatic heterocycles. The van der Waals surface area contributed by atoms with Crippen molar-refractivity contribution in [3.63, 3.8) is 0 Å². The normalized spacial score (nSPS) is 25.4. The van der Waals surface area contributed by atoms with Gasteiger partial charge >= 0.3 is 5.97 Å². The molecule has 1 saturated heterocycles. The fraction of sp³-hybridized carbons (Fsp3) is 0.500. The molecule has 1 aliphatic carbocycles. The lowest BCUT2D eigenvalue weighted by Crippen LogP contribution is -2.37. The number of amides is 3. The fourth-order valence-electron chi connectivity index (χ4n) is 2.35. The number of rotatable bonds is 4. The molecule has 7 nitrogen and oxygen atoms in total. The summed E-state index contributed by atoms with van der Waals surface area (Å²) in [6, 6.07) is 0. The molecular weight excluding hydrogens is 252 g/mol. The Morgan fingerprint density at radius 1 is 1.21 bits per heavy atom. The first-order valence-corrected chi connectivity index (χ1v) is 5.95. The van der Waals surface area contributed by atoms with Crippen LogP contribution in [-0.2, 0) is 23.9 Å². The van der Waals surface area contributed by atoms with Crippen LogP contribution >= 0.6 is 0 Å². The van der Waals surface area contributed by atoms with E-state index in [0.29, 0.717) is 12.8 Å². The van der Waals surface area contributed by atoms with E-state index in [1.54, 1.807) is 0 Å². The first-order chi connectivity index (χ1) is 9.00. The SMILES string of the molecule is NC(=O)COC(=O)CN1C(=O)C2CC=CCC2C1=O. The lowest BCUT2D eigenvalue weighted by Gasteiger charge is -2.14. The average molecular weight is 266 g/mol. The maximum Gasteiger partial charge on any atom is 0.326 e. The first-order valence-electron chi connectivity index (χ1n) is 5.95. The summed E-state index contributed by atoms with van der Waals surface area (Å²) < 4.78 is 4.54. The molecule has 2 N–H and O–H groups in total. The molecule has 102 valence electrons. The third kappa shape index (κ3) is 2.64. The molecule has 2 rings (SSSR count). The predicted molar refractivity (Wildman–Crippen MR) is 62.2 cm³/mol. The highest BCUT2D eigenvalue weighted by molar-refractivity contribution is 6.07. The molecule has 1 fully saturated rings. The molecule has 1 aliphatic heterocycles. The number of likely N-dealkylation sites (tertiary alicyclic amines) is 1. The largest absolute Gasteiger partial charge is 0.454 e. The van der Waals surface area contributed by atoms with Crippen LogP contribution in [0.5, 0.6) is 0 Å². The van der Waals surface area contributed by atoms with E-state index >= 15 is 0 Å². The van der Waals surface area contributed by atoms with Crippen molar-refractivity contribution in [1.82, 2.24) is 4.90 Å². The van der Waals surface area contributed by atoms with Gasteiger partial charge in [0.1, 0.15) is 6.54 Å². The molecule has 0 radical (unpaired) electrons. The number of nitrogens with zero attached hydrogens (tertiary/aromatic N) is 1. The number of esters is 1. The van der Waals surface area contributed by atoms with Crippen molar-refractivity contribution in [3.8, 4) is 0 Å². The number of primary amides is 1. The molecular formula is C12H14N2O5. The number of allylic oxidation sites excluding steroid dienone is 2. The van der Waals surface area contributed by atoms with Gasteiger partial charge in [-0.1, -0.05) is 12.2 Å². The van der Waals surface area contributed by atoms with E-state index in [1.807, 2.05) is 12.2 Å². The van der Waals surface area contributed by atoms with Gasteiger partial charge in [-0.15, -0.1) is 0 Å². The van der Waals surface area contributed by atoms with Gasteiger partial charge in [0.2, 0.25) is 11.8 Å². The molecule has 19 heavy (non-hydrogen) atoms. The van der Waals surface area contributed by atoms with Gasteiger partial charge in [-0.2, -0.15) is 0 Å². The van der Waals surface area contributed by atoms with Crippen molar-refractivity contribution in [3.05, 3.63) is 12.2 Å². The highest BCUT2D eigenvalue weighted by Gasteiger charge is 2.47. The van der Waals surface area contributed by atoms with Gasteiger partial charge in [-0.05, 0) is 12.8 Å². The van der Waals surface area contributed by atoms with E-state index in [4.69, 9.17) is 5.73 Å². The Balaban J connectivity index is 1.98. The summed E-state index contributed by atoms with van der Waals surface area (Å²) in [5.41, 5.74) is 4.83. The zero-order chi connectivity index (χ0) is 14.0. The smallest absolute Gasteiger partial charge is 0.326 e. The van der Waals surface area contributed by atoms with Crippen LogP contribution in [-0.4, -0.2) is 41.7 Å². The van der Waals surface area contributed by atoms with Crippen LogP contribution in [0.2, 0.25) is 0 Å². The van der Waals surface area contributed by atoms with E-state index in [0.717, 1.165) is 4.90 Å². The van der Waals surface area contributed by atoms with Crippen molar-refractivity contribution < 1.29 is 23.9 Å². The van der Waals surface area contributed by atoms with Gasteiger partial charge in [0.05, 0.1) is 11.8 Å². The van der Waals surface area contributed by atoms with Crippen LogP contribution in [0, 0.1) is 11.8 Å². The van der Waals surface area contributed by atoms with Gasteiger partial charge in [-0.3, -0.25) is 24.1 Å². The van der Waals surface area contributed by atoms with Crippen molar-refractivity contribution in [2.24, 2.45) is 17.6 Å². The quantitative estimate of drug-likeness (QED) is 0.397. The lowest BCUT2D eigenvalue weighted by atomic mass is 9.85. The molecule has 2 atom stereocenters. The highest BCUT2D eigenvalue weighted by atomic mass is 16.5. The van der Waals surface area contributed by atoms with Crippen molar-refractivity contribution in [2.75, 3.05) is 13.2 Å². The molecule has 2 aliphatic rings. The van der Waals surface area contributed by atoms with Crippen LogP contribution in [0.1, 0.15) is 12.8 Å². The monoisotopic (exact) mass is 266 g/mol. The zero-order valence-electron chi connectivity index (χ0n) is 10.2. The predicted octanol–water partition coefficient (Wildman–Crippen LogP) is -1.03. The molecule has 3 amide bonds. The Hall–Kier alpha value is -2.18. The Morgan fingerprint density at radius 3 is 2.21 bits per heavy atom. The minimum atomic E-state index is -0.813. The maximum absolute atomic E-state index is 12.0. The van der Waals surface area contributed by atoms with E-state index in [9.17, 15) is 19.2 Å². The molecule has 0 aromatic rings. The topological polar surface area (TPSA) is 107 Å². The number of imide groups is 1. The molecule has 2 unspecified atom stereocenters. The number of fused-ring (bicyclic) bond motifs is 1. The van der Waals surface area contributed by atoms with Crippen LogP contribution in [0.15, 0.2) is 12.2 Å². The van der Waals surface area contributed by atoms with Gasteiger partial charge in [-0.25, -0.2) is 0 Å². The van der Waals surface area contributed by atoms with Crippen molar-refractivity contribution >= 4 is 23.7 Å². The zero-order valence-corrected chi connectivity index (χ0v) is 10.2. The first kappa shape index (κ1) is 13.3. The summed E-state index contributed by atoms with van der Waals surface area (Å²) in [7, 11) is 0. The van der Waals surface area contributed by atoms with E-state index in [1.165, 1.54) is 0 Å². The van der Waals surface area contributed by atoms with E-state index in [-0.39, 0.29) is 23.7 Å². The van der Waals surface area contributed by atoms with Crippen molar-refractivity contribution in [1.29, 1.82) is 0 Å². The Labute approximate surface area is 109 Å². The van der Waals surface area contributed by atoms with E-state index < -0.39 is 25.0 Å². The van der Waals surface area contributed by atoms with Gasteiger partial charge < -0.3 is 10.5 Å². The number of nitrogens with two attached hydrogens (primary N) is 1. The lowest BCUT2D eigenvalue weighted by molar-refractivity contribution is -0.154. The molecule has 0 saturated carbocycles. The van der Waals surface area contributed by atoms with Gasteiger partial charge in [0, 0.05) is 0 Å². The summed E-state index contributed by atoms with van der Waals surface area (Å²) in [5.74, 6) is -3.05. The molecule has 0 aromatic carbocycles. The number of hydrogen-bond acceptors (Lipinski definition) is 5. The van der Waals surface area contributed by atoms with Crippen LogP contribution in [0.4, 0.5) is 0 Å². The number of ether oxygens (including phenoxy) is 1. The number of hydrogen-bond donors (Lipinski definition) is 1. The number of carbonyl (C=O) groups excluding carboxylic acids is 4. The van der Waals surface area contributed by atoms with Crippen molar-refractivity contribution in [2.45, 2.75) is 12.8 Å². The summed E-state index contributed by atoms with van der Waals surface area (Å²) >= 11 is 0. The maximum atomic E-state index is 12.0. The molecule has 0 spiro atoms. The summed E-state index contributed by atoms with van der Waals surface area (Å²) in [4.78, 5) is 46.8. The van der Waals surface area contributed by atoms with Gasteiger partial charge in [0.15, 0.2) is 6.61 Å². The standard InChI is InChI=1S/C12H14N2O5/c13-9(15)6-19-10(16)5-14-11(17)7-3-1-2-4-8(7)12(14)18/h1-2,7-8H,3-6H2,(H2,13,15). The molecule has 0 bridgehead atoms. The van der Waals surface area contributed by atoms with Gasteiger partial charge in [0.25, 0.3) is 5.91 Å². The number of carbonyl (C=O) groups is 4. The van der Waals surface area contributed by atoms with Crippen LogP contribution < -0.4 is 5.73 Å². The highest BCUT2D eigenvalue weighted by Crippen LogP contribution is 2.34. The Morgan fingerprint density at radius 2 is 1.74 bits per heavy atom. The fourth-order valence-corrected chi connectivity index (χ4v) is 2.35. The Kier molecular flexibility index (Phi) is 3.64. The summed E-state index contributed by atoms with van der Waals surface area (Å²) in [6.07, 6.45) is 4.76. The minimum absolute atomic E-state index is 0.352. The van der Waals surface area contributed by atoms with E-state index in [2.05, 4.69) is 4.74 Å². The average Bonchev–Trinajstić information content (AvgIpc) is 2.62. The molecule has 1 heterocycles. The summed E-state index contributed by atoms with van der Waals surface area (Å²) in [5, 5.41) is 0. The Bertz CT molecular complexity index is 445. The minimum Gasteiger partial charge on any atom is -0.454 e. The van der Waals surface area contributed by atoms with Crippen LogP contribution in [0.3, 0.4) is 0 Å². The summed E-state index contributed by atoms with van der Waals surface area (Å²) in [6.45, 7) is -1.01. The second kappa shape index (κ2) is 5.21. The van der Waals surface area contributed by atoms with Crippen LogP contribution in [0.25, 0.3) is 0 Å². The molecule has 7 heteroatoms. The third-order valence-corrected chi connectivity index (χ3v) is 3.26. The second-order valence-electron chi connectivity index (χ2n) is 4.55.